The first kappa shape index (κ1) is 18.2. The Morgan fingerprint density at radius 3 is 2.60 bits per heavy atom. The number of hydrogen-bond acceptors (Lipinski definition) is 5. The Kier molecular flexibility index (Phi) is 6.31. The van der Waals surface area contributed by atoms with E-state index in [0.717, 1.165) is 24.4 Å². The molecule has 1 atom stereocenters. The van der Waals surface area contributed by atoms with E-state index >= 15 is 0 Å². The Bertz CT molecular complexity index is 699. The molecule has 1 amide bonds. The van der Waals surface area contributed by atoms with Gasteiger partial charge >= 0.3 is 0 Å². The summed E-state index contributed by atoms with van der Waals surface area (Å²) in [6, 6.07) is 11.6. The number of amides is 1. The highest BCUT2D eigenvalue weighted by atomic mass is 35.5. The Morgan fingerprint density at radius 2 is 2.00 bits per heavy atom. The van der Waals surface area contributed by atoms with Crippen molar-refractivity contribution in [3.63, 3.8) is 0 Å². The fourth-order valence-corrected chi connectivity index (χ4v) is 3.85. The maximum atomic E-state index is 12.4. The summed E-state index contributed by atoms with van der Waals surface area (Å²) in [6.07, 6.45) is 0. The Labute approximate surface area is 156 Å². The molecule has 0 spiro atoms. The Morgan fingerprint density at radius 1 is 1.28 bits per heavy atom. The highest BCUT2D eigenvalue weighted by molar-refractivity contribution is 7.17. The van der Waals surface area contributed by atoms with Crippen LogP contribution in [0.5, 0.6) is 5.75 Å². The van der Waals surface area contributed by atoms with E-state index in [1.54, 1.807) is 19.2 Å². The van der Waals surface area contributed by atoms with Crippen LogP contribution in [-0.4, -0.2) is 50.8 Å². The summed E-state index contributed by atoms with van der Waals surface area (Å²) in [5.41, 5.74) is 1.15. The number of benzene rings is 1. The van der Waals surface area contributed by atoms with E-state index in [9.17, 15) is 4.79 Å². The number of hydrogen-bond donors (Lipinski definition) is 1. The van der Waals surface area contributed by atoms with Gasteiger partial charge in [0.1, 0.15) is 5.75 Å². The second-order valence-electron chi connectivity index (χ2n) is 5.75. The van der Waals surface area contributed by atoms with Crippen LogP contribution >= 0.6 is 22.9 Å². The van der Waals surface area contributed by atoms with Crippen LogP contribution in [0.15, 0.2) is 36.4 Å². The van der Waals surface area contributed by atoms with Crippen LogP contribution in [0.3, 0.4) is 0 Å². The summed E-state index contributed by atoms with van der Waals surface area (Å²) in [7, 11) is 1.65. The zero-order chi connectivity index (χ0) is 17.6. The van der Waals surface area contributed by atoms with E-state index in [4.69, 9.17) is 21.1 Å². The van der Waals surface area contributed by atoms with Crippen molar-refractivity contribution >= 4 is 28.8 Å². The monoisotopic (exact) mass is 380 g/mol. The van der Waals surface area contributed by atoms with Crippen molar-refractivity contribution in [2.75, 3.05) is 40.0 Å². The fourth-order valence-electron chi connectivity index (χ4n) is 2.89. The average molecular weight is 381 g/mol. The van der Waals surface area contributed by atoms with E-state index in [-0.39, 0.29) is 11.9 Å². The minimum absolute atomic E-state index is 0.0918. The van der Waals surface area contributed by atoms with Crippen molar-refractivity contribution in [3.05, 3.63) is 51.2 Å². The molecule has 0 radical (unpaired) electrons. The molecule has 0 bridgehead atoms. The molecule has 1 N–H and O–H groups in total. The molecule has 1 aliphatic heterocycles. The summed E-state index contributed by atoms with van der Waals surface area (Å²) < 4.78 is 11.3. The van der Waals surface area contributed by atoms with Crippen LogP contribution in [-0.2, 0) is 4.74 Å². The third kappa shape index (κ3) is 4.73. The lowest BCUT2D eigenvalue weighted by atomic mass is 10.0. The Hall–Kier alpha value is -1.60. The first-order valence-electron chi connectivity index (χ1n) is 8.16. The normalized spacial score (nSPS) is 16.4. The third-order valence-electron chi connectivity index (χ3n) is 4.24. The molecule has 25 heavy (non-hydrogen) atoms. The van der Waals surface area contributed by atoms with Crippen molar-refractivity contribution in [2.24, 2.45) is 0 Å². The zero-order valence-electron chi connectivity index (χ0n) is 14.0. The fraction of sp³-hybridized carbons (Fsp3) is 0.389. The van der Waals surface area contributed by atoms with Gasteiger partial charge in [-0.2, -0.15) is 0 Å². The van der Waals surface area contributed by atoms with Crippen molar-refractivity contribution in [3.8, 4) is 5.75 Å². The second-order valence-corrected chi connectivity index (χ2v) is 7.47. The summed E-state index contributed by atoms with van der Waals surface area (Å²) in [5, 5.41) is 3.04. The molecular formula is C18H21ClN2O3S. The number of carbonyl (C=O) groups excluding carboxylic acids is 1. The molecule has 1 aromatic heterocycles. The van der Waals surface area contributed by atoms with E-state index in [1.807, 2.05) is 24.3 Å². The molecule has 0 saturated carbocycles. The second kappa shape index (κ2) is 8.67. The van der Waals surface area contributed by atoms with Crippen LogP contribution in [0.1, 0.15) is 21.3 Å². The van der Waals surface area contributed by atoms with Crippen molar-refractivity contribution in [2.45, 2.75) is 6.04 Å². The molecule has 2 heterocycles. The molecule has 3 rings (SSSR count). The average Bonchev–Trinajstić information content (AvgIpc) is 3.10. The standard InChI is InChI=1S/C18H21ClN2O3S/c1-23-14-4-2-13(3-5-14)15(21-8-10-24-11-9-21)12-20-18(22)16-6-7-17(19)25-16/h2-7,15H,8-12H2,1H3,(H,20,22)/t15-/m1/s1. The first-order chi connectivity index (χ1) is 12.2. The number of nitrogens with zero attached hydrogens (tertiary/aromatic N) is 1. The molecule has 1 aliphatic rings. The SMILES string of the molecule is COc1ccc([C@@H](CNC(=O)c2ccc(Cl)s2)N2CCOCC2)cc1. The van der Waals surface area contributed by atoms with Gasteiger partial charge in [0.15, 0.2) is 0 Å². The summed E-state index contributed by atoms with van der Waals surface area (Å²) >= 11 is 7.21. The largest absolute Gasteiger partial charge is 0.497 e. The highest BCUT2D eigenvalue weighted by Gasteiger charge is 2.23. The van der Waals surface area contributed by atoms with Crippen molar-refractivity contribution in [1.29, 1.82) is 0 Å². The predicted molar refractivity (Wildman–Crippen MR) is 99.8 cm³/mol. The molecule has 0 unspecified atom stereocenters. The molecule has 1 fully saturated rings. The topological polar surface area (TPSA) is 50.8 Å². The predicted octanol–water partition coefficient (Wildman–Crippen LogP) is 3.21. The third-order valence-corrected chi connectivity index (χ3v) is 5.47. The molecule has 1 saturated heterocycles. The van der Waals surface area contributed by atoms with Gasteiger partial charge in [-0.1, -0.05) is 23.7 Å². The summed E-state index contributed by atoms with van der Waals surface area (Å²) in [5.74, 6) is 0.727. The molecular weight excluding hydrogens is 360 g/mol. The van der Waals surface area contributed by atoms with Gasteiger partial charge in [-0.3, -0.25) is 9.69 Å². The molecule has 134 valence electrons. The molecule has 5 nitrogen and oxygen atoms in total. The van der Waals surface area contributed by atoms with Crippen LogP contribution in [0.2, 0.25) is 4.34 Å². The lowest BCUT2D eigenvalue weighted by Crippen LogP contribution is -2.43. The van der Waals surface area contributed by atoms with Crippen molar-refractivity contribution in [1.82, 2.24) is 10.2 Å². The van der Waals surface area contributed by atoms with E-state index in [0.29, 0.717) is 29.0 Å². The quantitative estimate of drug-likeness (QED) is 0.836. The summed E-state index contributed by atoms with van der Waals surface area (Å²) in [4.78, 5) is 15.3. The summed E-state index contributed by atoms with van der Waals surface area (Å²) in [6.45, 7) is 3.64. The van der Waals surface area contributed by atoms with Gasteiger partial charge in [0, 0.05) is 19.6 Å². The number of ether oxygens (including phenoxy) is 2. The minimum Gasteiger partial charge on any atom is -0.497 e. The van der Waals surface area contributed by atoms with Gasteiger partial charge in [0.2, 0.25) is 0 Å². The molecule has 0 aliphatic carbocycles. The van der Waals surface area contributed by atoms with E-state index < -0.39 is 0 Å². The number of morpholine rings is 1. The molecule has 1 aromatic carbocycles. The van der Waals surface area contributed by atoms with E-state index in [1.165, 1.54) is 11.3 Å². The van der Waals surface area contributed by atoms with Crippen LogP contribution < -0.4 is 10.1 Å². The molecule has 2 aromatic rings. The van der Waals surface area contributed by atoms with Crippen molar-refractivity contribution < 1.29 is 14.3 Å². The van der Waals surface area contributed by atoms with Gasteiger partial charge in [-0.05, 0) is 29.8 Å². The first-order valence-corrected chi connectivity index (χ1v) is 9.36. The number of halogens is 1. The van der Waals surface area contributed by atoms with Crippen LogP contribution in [0.4, 0.5) is 0 Å². The maximum absolute atomic E-state index is 12.4. The minimum atomic E-state index is -0.0938. The lowest BCUT2D eigenvalue weighted by molar-refractivity contribution is 0.0162. The highest BCUT2D eigenvalue weighted by Crippen LogP contribution is 2.25. The van der Waals surface area contributed by atoms with Gasteiger partial charge < -0.3 is 14.8 Å². The van der Waals surface area contributed by atoms with E-state index in [2.05, 4.69) is 10.2 Å². The smallest absolute Gasteiger partial charge is 0.261 e. The van der Waals surface area contributed by atoms with Crippen LogP contribution in [0.25, 0.3) is 0 Å². The number of thiophene rings is 1. The maximum Gasteiger partial charge on any atom is 0.261 e. The lowest BCUT2D eigenvalue weighted by Gasteiger charge is -2.35. The Balaban J connectivity index is 1.72. The number of rotatable bonds is 6. The van der Waals surface area contributed by atoms with Gasteiger partial charge in [0.05, 0.1) is 35.6 Å². The number of carbonyl (C=O) groups is 1. The van der Waals surface area contributed by atoms with Gasteiger partial charge in [0.25, 0.3) is 5.91 Å². The van der Waals surface area contributed by atoms with Crippen LogP contribution in [0, 0.1) is 0 Å². The number of nitrogens with one attached hydrogen (secondary N) is 1. The van der Waals surface area contributed by atoms with Gasteiger partial charge in [-0.15, -0.1) is 11.3 Å². The number of methoxy groups -OCH3 is 1. The molecule has 7 heteroatoms. The van der Waals surface area contributed by atoms with Gasteiger partial charge in [-0.25, -0.2) is 0 Å². The zero-order valence-corrected chi connectivity index (χ0v) is 15.6.